The normalized spacial score (nSPS) is 19.3. The van der Waals surface area contributed by atoms with Gasteiger partial charge in [0.05, 0.1) is 10.9 Å². The molecule has 132 valence electrons. The van der Waals surface area contributed by atoms with Gasteiger partial charge in [-0.15, -0.1) is 0 Å². The topological polar surface area (TPSA) is 66.5 Å². The Morgan fingerprint density at radius 1 is 1.16 bits per heavy atom. The Labute approximate surface area is 156 Å². The van der Waals surface area contributed by atoms with E-state index in [1.54, 1.807) is 18.2 Å². The summed E-state index contributed by atoms with van der Waals surface area (Å²) in [4.78, 5) is 12.3. The van der Waals surface area contributed by atoms with Crippen LogP contribution >= 0.6 is 15.9 Å². The van der Waals surface area contributed by atoms with E-state index in [-0.39, 0.29) is 23.8 Å². The molecule has 1 aliphatic heterocycles. The molecule has 7 heteroatoms. The van der Waals surface area contributed by atoms with E-state index in [2.05, 4.69) is 21.2 Å². The number of halogens is 1. The number of sulfonamides is 1. The van der Waals surface area contributed by atoms with Crippen LogP contribution in [0.5, 0.6) is 0 Å². The molecule has 0 radical (unpaired) electrons. The zero-order chi connectivity index (χ0) is 18.0. The lowest BCUT2D eigenvalue weighted by Crippen LogP contribution is -2.36. The highest BCUT2D eigenvalue weighted by atomic mass is 79.9. The quantitative estimate of drug-likeness (QED) is 0.826. The SMILES string of the molecule is Cc1cc(S(=O)(=O)N2CCNC(=O)CC2c2ccccc2)ccc1Br. The maximum atomic E-state index is 13.3. The van der Waals surface area contributed by atoms with Crippen LogP contribution in [0.15, 0.2) is 57.9 Å². The summed E-state index contributed by atoms with van der Waals surface area (Å²) in [5.41, 5.74) is 1.67. The fraction of sp³-hybridized carbons (Fsp3) is 0.278. The van der Waals surface area contributed by atoms with Crippen molar-refractivity contribution in [3.05, 3.63) is 64.1 Å². The first-order valence-corrected chi connectivity index (χ1v) is 10.2. The number of nitrogens with zero attached hydrogens (tertiary/aromatic N) is 1. The van der Waals surface area contributed by atoms with Crippen molar-refractivity contribution in [2.45, 2.75) is 24.3 Å². The molecule has 1 unspecified atom stereocenters. The summed E-state index contributed by atoms with van der Waals surface area (Å²) in [6, 6.07) is 13.8. The fourth-order valence-electron chi connectivity index (χ4n) is 2.97. The predicted molar refractivity (Wildman–Crippen MR) is 99.6 cm³/mol. The van der Waals surface area contributed by atoms with E-state index in [9.17, 15) is 13.2 Å². The predicted octanol–water partition coefficient (Wildman–Crippen LogP) is 3.01. The van der Waals surface area contributed by atoms with Crippen LogP contribution in [-0.2, 0) is 14.8 Å². The summed E-state index contributed by atoms with van der Waals surface area (Å²) in [6.07, 6.45) is 0.110. The summed E-state index contributed by atoms with van der Waals surface area (Å²) in [5.74, 6) is -0.140. The minimum Gasteiger partial charge on any atom is -0.355 e. The molecule has 0 aliphatic carbocycles. The molecule has 3 rings (SSSR count). The van der Waals surface area contributed by atoms with Crippen LogP contribution in [0.25, 0.3) is 0 Å². The van der Waals surface area contributed by atoms with Crippen molar-refractivity contribution in [1.82, 2.24) is 9.62 Å². The number of benzene rings is 2. The molecule has 0 spiro atoms. The Morgan fingerprint density at radius 3 is 2.56 bits per heavy atom. The van der Waals surface area contributed by atoms with E-state index in [0.29, 0.717) is 6.54 Å². The van der Waals surface area contributed by atoms with Gasteiger partial charge in [-0.3, -0.25) is 4.79 Å². The second-order valence-electron chi connectivity index (χ2n) is 6.01. The van der Waals surface area contributed by atoms with Gasteiger partial charge < -0.3 is 5.32 Å². The molecule has 1 N–H and O–H groups in total. The summed E-state index contributed by atoms with van der Waals surface area (Å²) in [7, 11) is -3.73. The smallest absolute Gasteiger partial charge is 0.243 e. The number of hydrogen-bond acceptors (Lipinski definition) is 3. The second kappa shape index (κ2) is 7.27. The first-order chi connectivity index (χ1) is 11.9. The number of carbonyl (C=O) groups excluding carboxylic acids is 1. The minimum absolute atomic E-state index is 0.110. The molecular weight excluding hydrogens is 404 g/mol. The summed E-state index contributed by atoms with van der Waals surface area (Å²) in [6.45, 7) is 2.39. The maximum absolute atomic E-state index is 13.3. The summed E-state index contributed by atoms with van der Waals surface area (Å²) in [5, 5.41) is 2.77. The molecule has 0 aromatic heterocycles. The number of hydrogen-bond donors (Lipinski definition) is 1. The third kappa shape index (κ3) is 3.78. The molecule has 1 saturated heterocycles. The average Bonchev–Trinajstić information content (AvgIpc) is 2.80. The molecule has 0 saturated carbocycles. The highest BCUT2D eigenvalue weighted by molar-refractivity contribution is 9.10. The van der Waals surface area contributed by atoms with Gasteiger partial charge in [0.1, 0.15) is 0 Å². The number of nitrogens with one attached hydrogen (secondary N) is 1. The third-order valence-electron chi connectivity index (χ3n) is 4.30. The maximum Gasteiger partial charge on any atom is 0.243 e. The van der Waals surface area contributed by atoms with Gasteiger partial charge in [0.25, 0.3) is 0 Å². The summed E-state index contributed by atoms with van der Waals surface area (Å²) >= 11 is 3.40. The van der Waals surface area contributed by atoms with Crippen molar-refractivity contribution in [3.8, 4) is 0 Å². The van der Waals surface area contributed by atoms with Gasteiger partial charge in [0, 0.05) is 24.0 Å². The van der Waals surface area contributed by atoms with Crippen LogP contribution in [0.3, 0.4) is 0 Å². The molecule has 2 aromatic carbocycles. The second-order valence-corrected chi connectivity index (χ2v) is 8.75. The van der Waals surface area contributed by atoms with E-state index in [1.165, 1.54) is 4.31 Å². The van der Waals surface area contributed by atoms with Crippen molar-refractivity contribution in [2.24, 2.45) is 0 Å². The van der Waals surface area contributed by atoms with Crippen molar-refractivity contribution < 1.29 is 13.2 Å². The van der Waals surface area contributed by atoms with E-state index < -0.39 is 16.1 Å². The molecule has 1 amide bonds. The highest BCUT2D eigenvalue weighted by Gasteiger charge is 2.35. The van der Waals surface area contributed by atoms with Crippen molar-refractivity contribution >= 4 is 31.9 Å². The van der Waals surface area contributed by atoms with E-state index in [4.69, 9.17) is 0 Å². The van der Waals surface area contributed by atoms with Crippen molar-refractivity contribution in [2.75, 3.05) is 13.1 Å². The van der Waals surface area contributed by atoms with Crippen LogP contribution in [-0.4, -0.2) is 31.7 Å². The van der Waals surface area contributed by atoms with Gasteiger partial charge in [-0.05, 0) is 36.2 Å². The number of rotatable bonds is 3. The zero-order valence-corrected chi connectivity index (χ0v) is 16.2. The van der Waals surface area contributed by atoms with Crippen LogP contribution in [0, 0.1) is 6.92 Å². The van der Waals surface area contributed by atoms with Gasteiger partial charge in [0.2, 0.25) is 15.9 Å². The molecule has 0 bridgehead atoms. The van der Waals surface area contributed by atoms with Crippen LogP contribution in [0.4, 0.5) is 0 Å². The standard InChI is InChI=1S/C18H19BrN2O3S/c1-13-11-15(7-8-16(13)19)25(23,24)21-10-9-20-18(22)12-17(21)14-5-3-2-4-6-14/h2-8,11,17H,9-10,12H2,1H3,(H,20,22). The van der Waals surface area contributed by atoms with Gasteiger partial charge in [0.15, 0.2) is 0 Å². The van der Waals surface area contributed by atoms with E-state index in [0.717, 1.165) is 15.6 Å². The largest absolute Gasteiger partial charge is 0.355 e. The lowest BCUT2D eigenvalue weighted by atomic mass is 10.0. The minimum atomic E-state index is -3.73. The molecule has 1 atom stereocenters. The lowest BCUT2D eigenvalue weighted by Gasteiger charge is -2.28. The zero-order valence-electron chi connectivity index (χ0n) is 13.8. The van der Waals surface area contributed by atoms with E-state index in [1.807, 2.05) is 37.3 Å². The Balaban J connectivity index is 2.06. The molecule has 25 heavy (non-hydrogen) atoms. The van der Waals surface area contributed by atoms with Gasteiger partial charge in [-0.1, -0.05) is 46.3 Å². The lowest BCUT2D eigenvalue weighted by molar-refractivity contribution is -0.121. The molecule has 1 aliphatic rings. The molecule has 1 fully saturated rings. The van der Waals surface area contributed by atoms with Gasteiger partial charge in [-0.2, -0.15) is 4.31 Å². The van der Waals surface area contributed by atoms with E-state index >= 15 is 0 Å². The Morgan fingerprint density at radius 2 is 1.88 bits per heavy atom. The van der Waals surface area contributed by atoms with Crippen molar-refractivity contribution in [3.63, 3.8) is 0 Å². The Bertz CT molecular complexity index is 884. The summed E-state index contributed by atoms with van der Waals surface area (Å²) < 4.78 is 28.8. The van der Waals surface area contributed by atoms with Crippen molar-refractivity contribution in [1.29, 1.82) is 0 Å². The first-order valence-electron chi connectivity index (χ1n) is 7.99. The molecule has 5 nitrogen and oxygen atoms in total. The number of carbonyl (C=O) groups is 1. The number of amides is 1. The van der Waals surface area contributed by atoms with Gasteiger partial charge >= 0.3 is 0 Å². The Kier molecular flexibility index (Phi) is 5.27. The fourth-order valence-corrected chi connectivity index (χ4v) is 4.92. The average molecular weight is 423 g/mol. The highest BCUT2D eigenvalue weighted by Crippen LogP contribution is 2.32. The number of aryl methyl sites for hydroxylation is 1. The van der Waals surface area contributed by atoms with Crippen LogP contribution < -0.4 is 5.32 Å². The van der Waals surface area contributed by atoms with Crippen LogP contribution in [0.2, 0.25) is 0 Å². The first kappa shape index (κ1) is 18.1. The molecule has 2 aromatic rings. The third-order valence-corrected chi connectivity index (χ3v) is 7.09. The monoisotopic (exact) mass is 422 g/mol. The van der Waals surface area contributed by atoms with Crippen LogP contribution in [0.1, 0.15) is 23.6 Å². The molecular formula is C18H19BrN2O3S. The Hall–Kier alpha value is -1.70. The van der Waals surface area contributed by atoms with Gasteiger partial charge in [-0.25, -0.2) is 8.42 Å². The molecule has 1 heterocycles.